The van der Waals surface area contributed by atoms with Gasteiger partial charge in [0.1, 0.15) is 0 Å². The fraction of sp³-hybridized carbons (Fsp3) is 0.667. The Labute approximate surface area is 65.9 Å². The van der Waals surface area contributed by atoms with Crippen molar-refractivity contribution < 1.29 is 9.90 Å². The zero-order chi connectivity index (χ0) is 7.84. The van der Waals surface area contributed by atoms with Gasteiger partial charge in [-0.1, -0.05) is 5.57 Å². The Kier molecular flexibility index (Phi) is 1.57. The van der Waals surface area contributed by atoms with Crippen LogP contribution < -0.4 is 0 Å². The van der Waals surface area contributed by atoms with E-state index in [2.05, 4.69) is 0 Å². The van der Waals surface area contributed by atoms with E-state index in [0.29, 0.717) is 12.8 Å². The minimum atomic E-state index is -0.254. The van der Waals surface area contributed by atoms with E-state index in [-0.39, 0.29) is 11.9 Å². The van der Waals surface area contributed by atoms with Crippen LogP contribution in [0, 0.1) is 0 Å². The van der Waals surface area contributed by atoms with Gasteiger partial charge in [-0.15, -0.1) is 0 Å². The van der Waals surface area contributed by atoms with Gasteiger partial charge in [0.2, 0.25) is 0 Å². The molecule has 1 N–H and O–H groups in total. The van der Waals surface area contributed by atoms with E-state index in [1.54, 1.807) is 0 Å². The van der Waals surface area contributed by atoms with Crippen LogP contribution in [0.5, 0.6) is 0 Å². The predicted octanol–water partition coefficient (Wildman–Crippen LogP) is 1.19. The summed E-state index contributed by atoms with van der Waals surface area (Å²) in [5.74, 6) is 0.277. The molecule has 2 rings (SSSR count). The molecule has 0 saturated carbocycles. The predicted molar refractivity (Wildman–Crippen MR) is 41.1 cm³/mol. The van der Waals surface area contributed by atoms with Crippen molar-refractivity contribution in [2.75, 3.05) is 0 Å². The number of aliphatic hydroxyl groups is 1. The van der Waals surface area contributed by atoms with Crippen LogP contribution in [0.4, 0.5) is 0 Å². The van der Waals surface area contributed by atoms with E-state index in [4.69, 9.17) is 0 Å². The minimum Gasteiger partial charge on any atom is -0.393 e. The lowest BCUT2D eigenvalue weighted by molar-refractivity contribution is -0.115. The van der Waals surface area contributed by atoms with Crippen molar-refractivity contribution in [1.29, 1.82) is 0 Å². The number of allylic oxidation sites excluding steroid dienone is 1. The van der Waals surface area contributed by atoms with Crippen molar-refractivity contribution in [3.63, 3.8) is 0 Å². The Bertz CT molecular complexity index is 228. The summed E-state index contributed by atoms with van der Waals surface area (Å²) in [5, 5.41) is 9.29. The third-order valence-corrected chi connectivity index (χ3v) is 2.64. The van der Waals surface area contributed by atoms with Crippen LogP contribution in [0.2, 0.25) is 0 Å². The molecule has 0 saturated heterocycles. The van der Waals surface area contributed by atoms with Gasteiger partial charge in [-0.3, -0.25) is 4.79 Å². The molecule has 0 aliphatic heterocycles. The third-order valence-electron chi connectivity index (χ3n) is 2.64. The van der Waals surface area contributed by atoms with E-state index < -0.39 is 0 Å². The molecule has 60 valence electrons. The second kappa shape index (κ2) is 2.45. The number of hydrogen-bond acceptors (Lipinski definition) is 2. The maximum atomic E-state index is 11.2. The van der Waals surface area contributed by atoms with Gasteiger partial charge < -0.3 is 5.11 Å². The van der Waals surface area contributed by atoms with Crippen LogP contribution in [0.1, 0.15) is 32.1 Å². The quantitative estimate of drug-likeness (QED) is 0.566. The number of rotatable bonds is 0. The van der Waals surface area contributed by atoms with E-state index >= 15 is 0 Å². The van der Waals surface area contributed by atoms with Gasteiger partial charge in [0, 0.05) is 12.8 Å². The van der Waals surface area contributed by atoms with Gasteiger partial charge in [-0.05, 0) is 24.8 Å². The lowest BCUT2D eigenvalue weighted by Gasteiger charge is -2.17. The fourth-order valence-corrected chi connectivity index (χ4v) is 1.98. The Morgan fingerprint density at radius 2 is 2.09 bits per heavy atom. The Balaban J connectivity index is 2.24. The highest BCUT2D eigenvalue weighted by Crippen LogP contribution is 2.34. The van der Waals surface area contributed by atoms with Crippen molar-refractivity contribution in [1.82, 2.24) is 0 Å². The molecule has 0 amide bonds. The topological polar surface area (TPSA) is 37.3 Å². The van der Waals surface area contributed by atoms with E-state index in [9.17, 15) is 9.90 Å². The van der Waals surface area contributed by atoms with Crippen LogP contribution in [-0.2, 0) is 4.79 Å². The van der Waals surface area contributed by atoms with Crippen LogP contribution in [0.25, 0.3) is 0 Å². The molecule has 0 bridgehead atoms. The molecule has 2 heteroatoms. The molecule has 1 unspecified atom stereocenters. The molecule has 0 spiro atoms. The van der Waals surface area contributed by atoms with Gasteiger partial charge in [-0.2, -0.15) is 0 Å². The number of hydrogen-bond donors (Lipinski definition) is 1. The van der Waals surface area contributed by atoms with Gasteiger partial charge in [0.25, 0.3) is 0 Å². The summed E-state index contributed by atoms with van der Waals surface area (Å²) >= 11 is 0. The number of aliphatic hydroxyl groups excluding tert-OH is 1. The normalized spacial score (nSPS) is 31.0. The zero-order valence-electron chi connectivity index (χ0n) is 6.47. The average molecular weight is 152 g/mol. The van der Waals surface area contributed by atoms with Crippen molar-refractivity contribution in [3.05, 3.63) is 11.1 Å². The number of ketones is 1. The van der Waals surface area contributed by atoms with E-state index in [1.807, 2.05) is 0 Å². The maximum absolute atomic E-state index is 11.2. The molecule has 1 atom stereocenters. The summed E-state index contributed by atoms with van der Waals surface area (Å²) < 4.78 is 0. The number of carbonyl (C=O) groups is 1. The smallest absolute Gasteiger partial charge is 0.159 e. The number of carbonyl (C=O) groups excluding carboxylic acids is 1. The first-order chi connectivity index (χ1) is 5.27. The first-order valence-electron chi connectivity index (χ1n) is 4.19. The molecule has 0 fully saturated rings. The second-order valence-electron chi connectivity index (χ2n) is 3.40. The lowest BCUT2D eigenvalue weighted by Crippen LogP contribution is -2.15. The molecule has 11 heavy (non-hydrogen) atoms. The van der Waals surface area contributed by atoms with Crippen molar-refractivity contribution in [2.45, 2.75) is 38.2 Å². The molecule has 0 radical (unpaired) electrons. The average Bonchev–Trinajstić information content (AvgIpc) is 2.33. The first-order valence-corrected chi connectivity index (χ1v) is 4.19. The summed E-state index contributed by atoms with van der Waals surface area (Å²) in [6, 6.07) is 0. The fourth-order valence-electron chi connectivity index (χ4n) is 1.98. The van der Waals surface area contributed by atoms with E-state index in [0.717, 1.165) is 24.8 Å². The summed E-state index contributed by atoms with van der Waals surface area (Å²) in [5.41, 5.74) is 2.27. The van der Waals surface area contributed by atoms with Crippen molar-refractivity contribution in [2.24, 2.45) is 0 Å². The molecule has 0 aromatic carbocycles. The first kappa shape index (κ1) is 7.04. The second-order valence-corrected chi connectivity index (χ2v) is 3.40. The van der Waals surface area contributed by atoms with Crippen LogP contribution >= 0.6 is 0 Å². The molecular formula is C9H12O2. The van der Waals surface area contributed by atoms with Crippen LogP contribution in [0.3, 0.4) is 0 Å². The summed E-state index contributed by atoms with van der Waals surface area (Å²) in [6.07, 6.45) is 3.82. The monoisotopic (exact) mass is 152 g/mol. The summed E-state index contributed by atoms with van der Waals surface area (Å²) in [6.45, 7) is 0. The van der Waals surface area contributed by atoms with Gasteiger partial charge in [0.15, 0.2) is 5.78 Å². The third kappa shape index (κ3) is 1.11. The minimum absolute atomic E-state index is 0.254. The highest BCUT2D eigenvalue weighted by molar-refractivity contribution is 5.98. The SMILES string of the molecule is O=C1CCC2=C1CC(O)CC2. The standard InChI is InChI=1S/C9H12O2/c10-7-3-1-6-2-4-9(11)8(6)5-7/h7,10H,1-5H2. The summed E-state index contributed by atoms with van der Waals surface area (Å²) in [4.78, 5) is 11.2. The maximum Gasteiger partial charge on any atom is 0.159 e. The Morgan fingerprint density at radius 3 is 2.91 bits per heavy atom. The molecule has 0 aromatic heterocycles. The highest BCUT2D eigenvalue weighted by Gasteiger charge is 2.28. The molecule has 2 nitrogen and oxygen atoms in total. The Morgan fingerprint density at radius 1 is 1.27 bits per heavy atom. The Hall–Kier alpha value is -0.630. The molecule has 0 heterocycles. The van der Waals surface area contributed by atoms with Gasteiger partial charge in [-0.25, -0.2) is 0 Å². The van der Waals surface area contributed by atoms with Gasteiger partial charge in [0.05, 0.1) is 6.10 Å². The van der Waals surface area contributed by atoms with Crippen molar-refractivity contribution in [3.8, 4) is 0 Å². The van der Waals surface area contributed by atoms with Crippen LogP contribution in [-0.4, -0.2) is 17.0 Å². The van der Waals surface area contributed by atoms with Crippen molar-refractivity contribution >= 4 is 5.78 Å². The van der Waals surface area contributed by atoms with E-state index in [1.165, 1.54) is 5.57 Å². The largest absolute Gasteiger partial charge is 0.393 e. The molecule has 2 aliphatic rings. The summed E-state index contributed by atoms with van der Waals surface area (Å²) in [7, 11) is 0. The van der Waals surface area contributed by atoms with Gasteiger partial charge >= 0.3 is 0 Å². The highest BCUT2D eigenvalue weighted by atomic mass is 16.3. The zero-order valence-corrected chi connectivity index (χ0v) is 6.47. The number of Topliss-reactive ketones (excluding diaryl/α,β-unsaturated/α-hetero) is 1. The molecular weight excluding hydrogens is 140 g/mol. The lowest BCUT2D eigenvalue weighted by atomic mass is 9.92. The van der Waals surface area contributed by atoms with Crippen LogP contribution in [0.15, 0.2) is 11.1 Å². The molecule has 2 aliphatic carbocycles. The molecule has 0 aromatic rings.